The Morgan fingerprint density at radius 1 is 1.06 bits per heavy atom. The summed E-state index contributed by atoms with van der Waals surface area (Å²) < 4.78 is 4.81. The number of fused-ring (bicyclic) bond motifs is 2. The summed E-state index contributed by atoms with van der Waals surface area (Å²) in [6.07, 6.45) is 3.80. The van der Waals surface area contributed by atoms with E-state index in [1.54, 1.807) is 0 Å². The molecule has 0 aliphatic heterocycles. The number of nitro groups is 1. The third-order valence-electron chi connectivity index (χ3n) is 5.19. The number of carbonyl (C=O) groups excluding carboxylic acids is 1. The molecule has 2 aliphatic carbocycles. The molecule has 1 heterocycles. The molecular formula is C22H14N6O4. The van der Waals surface area contributed by atoms with Crippen molar-refractivity contribution in [3.05, 3.63) is 98.9 Å². The van der Waals surface area contributed by atoms with Crippen LogP contribution in [0.2, 0.25) is 0 Å². The number of allylic oxidation sites excluding steroid dienone is 6. The Morgan fingerprint density at radius 2 is 1.84 bits per heavy atom. The monoisotopic (exact) mass is 426 g/mol. The highest BCUT2D eigenvalue weighted by Gasteiger charge is 2.40. The van der Waals surface area contributed by atoms with E-state index in [1.807, 2.05) is 42.5 Å². The van der Waals surface area contributed by atoms with Crippen molar-refractivity contribution in [1.29, 1.82) is 0 Å². The van der Waals surface area contributed by atoms with Gasteiger partial charge in [-0.1, -0.05) is 48.6 Å². The fourth-order valence-electron chi connectivity index (χ4n) is 3.78. The van der Waals surface area contributed by atoms with E-state index in [0.717, 1.165) is 22.3 Å². The molecule has 0 saturated heterocycles. The van der Waals surface area contributed by atoms with Gasteiger partial charge in [0, 0.05) is 22.8 Å². The number of nitrogens with zero attached hydrogens (tertiary/aromatic N) is 5. The van der Waals surface area contributed by atoms with Crippen LogP contribution in [0.25, 0.3) is 11.1 Å². The number of ether oxygens (including phenoxy) is 1. The van der Waals surface area contributed by atoms with Gasteiger partial charge in [-0.2, -0.15) is 5.21 Å². The lowest BCUT2D eigenvalue weighted by atomic mass is 9.71. The van der Waals surface area contributed by atoms with Crippen molar-refractivity contribution < 1.29 is 14.5 Å². The van der Waals surface area contributed by atoms with Gasteiger partial charge >= 0.3 is 5.97 Å². The molecule has 0 saturated carbocycles. The molecule has 0 atom stereocenters. The first-order chi connectivity index (χ1) is 15.6. The van der Waals surface area contributed by atoms with Gasteiger partial charge in [0.2, 0.25) is 5.82 Å². The summed E-state index contributed by atoms with van der Waals surface area (Å²) >= 11 is 0. The number of benzene rings is 2. The van der Waals surface area contributed by atoms with Crippen LogP contribution in [0.15, 0.2) is 76.8 Å². The molecule has 3 aromatic rings. The van der Waals surface area contributed by atoms with Crippen molar-refractivity contribution in [2.24, 2.45) is 4.99 Å². The predicted molar refractivity (Wildman–Crippen MR) is 115 cm³/mol. The average Bonchev–Trinajstić information content (AvgIpc) is 3.35. The summed E-state index contributed by atoms with van der Waals surface area (Å²) in [6.45, 7) is 0. The van der Waals surface area contributed by atoms with E-state index in [2.05, 4.69) is 25.6 Å². The Hall–Kier alpha value is -4.73. The first-order valence-electron chi connectivity index (χ1n) is 9.51. The molecule has 10 heteroatoms. The highest BCUT2D eigenvalue weighted by molar-refractivity contribution is 6.42. The van der Waals surface area contributed by atoms with Crippen LogP contribution in [0.3, 0.4) is 0 Å². The maximum atomic E-state index is 12.3. The predicted octanol–water partition coefficient (Wildman–Crippen LogP) is 3.46. The van der Waals surface area contributed by atoms with Crippen LogP contribution in [0.1, 0.15) is 21.7 Å². The van der Waals surface area contributed by atoms with Crippen molar-refractivity contribution in [3.63, 3.8) is 0 Å². The maximum Gasteiger partial charge on any atom is 0.340 e. The number of nitrogens with one attached hydrogen (secondary N) is 1. The van der Waals surface area contributed by atoms with Crippen LogP contribution in [0.4, 0.5) is 11.4 Å². The quantitative estimate of drug-likeness (QED) is 0.375. The topological polar surface area (TPSA) is 136 Å². The molecule has 0 unspecified atom stereocenters. The molecule has 10 nitrogen and oxygen atoms in total. The molecular weight excluding hydrogens is 412 g/mol. The van der Waals surface area contributed by atoms with Gasteiger partial charge in [-0.15, -0.1) is 10.2 Å². The summed E-state index contributed by atoms with van der Waals surface area (Å²) in [6, 6.07) is 13.8. The van der Waals surface area contributed by atoms with Crippen LogP contribution >= 0.6 is 0 Å². The molecule has 5 rings (SSSR count). The highest BCUT2D eigenvalue weighted by atomic mass is 16.6. The highest BCUT2D eigenvalue weighted by Crippen LogP contribution is 2.49. The second-order valence-electron chi connectivity index (χ2n) is 6.89. The molecule has 0 fully saturated rings. The number of rotatable bonds is 5. The number of nitro benzene ring substituents is 1. The van der Waals surface area contributed by atoms with Crippen molar-refractivity contribution >= 4 is 34.2 Å². The molecule has 2 aromatic carbocycles. The van der Waals surface area contributed by atoms with E-state index in [1.165, 1.54) is 25.3 Å². The Kier molecular flexibility index (Phi) is 4.52. The van der Waals surface area contributed by atoms with Crippen molar-refractivity contribution in [2.45, 2.75) is 0 Å². The number of methoxy groups -OCH3 is 1. The number of tetrazole rings is 1. The minimum Gasteiger partial charge on any atom is -0.465 e. The summed E-state index contributed by atoms with van der Waals surface area (Å²) in [7, 11) is 1.21. The smallest absolute Gasteiger partial charge is 0.340 e. The number of esters is 1. The lowest BCUT2D eigenvalue weighted by Crippen LogP contribution is -2.26. The number of aliphatic imine (C=N–C) groups is 1. The molecule has 0 spiro atoms. The number of aromatic amines is 1. The van der Waals surface area contributed by atoms with Gasteiger partial charge in [-0.25, -0.2) is 9.79 Å². The molecule has 0 radical (unpaired) electrons. The van der Waals surface area contributed by atoms with Gasteiger partial charge in [0.15, 0.2) is 5.69 Å². The van der Waals surface area contributed by atoms with Crippen molar-refractivity contribution in [3.8, 4) is 0 Å². The lowest BCUT2D eigenvalue weighted by molar-refractivity contribution is -0.384. The van der Waals surface area contributed by atoms with E-state index in [-0.39, 0.29) is 16.9 Å². The second-order valence-corrected chi connectivity index (χ2v) is 6.89. The lowest BCUT2D eigenvalue weighted by Gasteiger charge is -2.33. The average molecular weight is 426 g/mol. The van der Waals surface area contributed by atoms with Gasteiger partial charge in [-0.05, 0) is 22.4 Å². The Labute approximate surface area is 180 Å². The van der Waals surface area contributed by atoms with Crippen LogP contribution in [-0.2, 0) is 4.74 Å². The van der Waals surface area contributed by atoms with E-state index in [9.17, 15) is 14.9 Å². The molecule has 1 N–H and O–H groups in total. The third-order valence-corrected chi connectivity index (χ3v) is 5.19. The van der Waals surface area contributed by atoms with Crippen LogP contribution < -0.4 is 0 Å². The largest absolute Gasteiger partial charge is 0.465 e. The number of aromatic nitrogens is 4. The zero-order chi connectivity index (χ0) is 22.2. The van der Waals surface area contributed by atoms with E-state index in [4.69, 9.17) is 4.74 Å². The van der Waals surface area contributed by atoms with Gasteiger partial charge in [0.05, 0.1) is 23.3 Å². The Morgan fingerprint density at radius 3 is 2.53 bits per heavy atom. The zero-order valence-corrected chi connectivity index (χ0v) is 16.6. The van der Waals surface area contributed by atoms with Crippen LogP contribution in [0.5, 0.6) is 0 Å². The third kappa shape index (κ3) is 2.93. The Bertz CT molecular complexity index is 1390. The van der Waals surface area contributed by atoms with Gasteiger partial charge in [0.1, 0.15) is 0 Å². The summed E-state index contributed by atoms with van der Waals surface area (Å²) in [5, 5.41) is 25.9. The van der Waals surface area contributed by atoms with Crippen LogP contribution in [-0.4, -0.2) is 44.3 Å². The van der Waals surface area contributed by atoms with E-state index < -0.39 is 10.9 Å². The van der Waals surface area contributed by atoms with Crippen LogP contribution in [0, 0.1) is 10.1 Å². The summed E-state index contributed by atoms with van der Waals surface area (Å²) in [5.41, 5.74) is 4.11. The Balaban J connectivity index is 1.73. The molecule has 32 heavy (non-hydrogen) atoms. The maximum absolute atomic E-state index is 12.3. The number of carbonyl (C=O) groups is 1. The summed E-state index contributed by atoms with van der Waals surface area (Å²) in [4.78, 5) is 28.0. The number of hydrogen-bond acceptors (Lipinski definition) is 8. The standard InChI is InChI=1S/C22H14N6O4/c1-32-22(29)15-8-5-9-16(28(30)31)19(15)23-20-14-11-10-13(12-6-3-2-4-7-12)17(20)18(14)21-24-26-27-25-21/h2-11H,1H3,(H,24,25,26,27). The fourth-order valence-corrected chi connectivity index (χ4v) is 3.78. The molecule has 1 aromatic heterocycles. The van der Waals surface area contributed by atoms with Gasteiger partial charge < -0.3 is 4.74 Å². The molecule has 2 bridgehead atoms. The zero-order valence-electron chi connectivity index (χ0n) is 16.6. The second kappa shape index (κ2) is 7.51. The minimum absolute atomic E-state index is 0.00623. The van der Waals surface area contributed by atoms with Gasteiger partial charge in [-0.3, -0.25) is 10.1 Å². The first-order valence-corrected chi connectivity index (χ1v) is 9.51. The minimum atomic E-state index is -0.710. The summed E-state index contributed by atoms with van der Waals surface area (Å²) in [5.74, 6) is -0.319. The molecule has 2 aliphatic rings. The van der Waals surface area contributed by atoms with Crippen molar-refractivity contribution in [1.82, 2.24) is 20.6 Å². The SMILES string of the molecule is COC(=O)c1cccc([N+](=O)[O-])c1N=C1c2ccc(-c3ccccc3)c1c2-c1nn[nH]n1. The molecule has 0 amide bonds. The van der Waals surface area contributed by atoms with E-state index >= 15 is 0 Å². The molecule has 156 valence electrons. The van der Waals surface area contributed by atoms with Gasteiger partial charge in [0.25, 0.3) is 5.69 Å². The number of H-pyrrole nitrogens is 1. The first kappa shape index (κ1) is 19.2. The van der Waals surface area contributed by atoms with Crippen molar-refractivity contribution in [2.75, 3.05) is 7.11 Å². The normalized spacial score (nSPS) is 15.7. The number of hydrogen-bond donors (Lipinski definition) is 1. The number of para-hydroxylation sites is 1. The van der Waals surface area contributed by atoms with E-state index in [0.29, 0.717) is 17.1 Å². The fraction of sp³-hybridized carbons (Fsp3) is 0.0455.